The van der Waals surface area contributed by atoms with Gasteiger partial charge in [-0.15, -0.1) is 5.10 Å². The molecule has 3 atom stereocenters. The molecular weight excluding hydrogens is 636 g/mol. The number of ether oxygens (including phenoxy) is 3. The number of hydrogen-bond donors (Lipinski definition) is 0. The maximum Gasteiger partial charge on any atom is 0.350 e. The molecule has 7 rings (SSSR count). The Labute approximate surface area is 282 Å². The summed E-state index contributed by atoms with van der Waals surface area (Å²) in [6, 6.07) is 19.4. The van der Waals surface area contributed by atoms with Crippen molar-refractivity contribution in [3.05, 3.63) is 101 Å². The molecule has 0 bridgehead atoms. The average Bonchev–Trinajstić information content (AvgIpc) is 3.89. The molecule has 0 spiro atoms. The van der Waals surface area contributed by atoms with Crippen LogP contribution in [-0.4, -0.2) is 85.0 Å². The van der Waals surface area contributed by atoms with Gasteiger partial charge in [-0.05, 0) is 72.3 Å². The fourth-order valence-electron chi connectivity index (χ4n) is 5.98. The molecule has 5 aromatic rings. The van der Waals surface area contributed by atoms with Crippen LogP contribution in [-0.2, 0) is 21.8 Å². The standard InChI is InChI=1S/C33H37ClN10O4/c1-3-24(2)44-32(45)43(23-37-44)28-9-7-27(8-10-28)40-13-15-41(16-14-40)31-12-11-29(18-35-31)46-19-30-20-47-33(48-30,21-42-22-36-38-39-42)25-5-4-6-26(34)17-25/h4-12,17-18,22-24,30H,3,13-16,19-21H2,1-2H3/t24?,30-,33-/m1/s1. The lowest BCUT2D eigenvalue weighted by Crippen LogP contribution is -2.46. The van der Waals surface area contributed by atoms with Gasteiger partial charge in [0, 0.05) is 42.5 Å². The van der Waals surface area contributed by atoms with E-state index in [1.807, 2.05) is 56.3 Å². The predicted octanol–water partition coefficient (Wildman–Crippen LogP) is 3.71. The fraction of sp³-hybridized carbons (Fsp3) is 0.394. The first kappa shape index (κ1) is 31.8. The minimum Gasteiger partial charge on any atom is -0.489 e. The lowest BCUT2D eigenvalue weighted by Gasteiger charge is -2.36. The van der Waals surface area contributed by atoms with Crippen molar-refractivity contribution in [1.82, 2.24) is 39.5 Å². The van der Waals surface area contributed by atoms with E-state index in [9.17, 15) is 4.79 Å². The number of anilines is 2. The SMILES string of the molecule is CCC(C)n1ncn(-c2ccc(N3CCN(c4ccc(OC[C@@H]5CO[C@@](Cn6cnnn6)(c6cccc(Cl)c6)O5)cn4)CC3)cc2)c1=O. The molecular formula is C33H37ClN10O4. The van der Waals surface area contributed by atoms with Crippen LogP contribution in [0.15, 0.2) is 84.3 Å². The van der Waals surface area contributed by atoms with Crippen LogP contribution < -0.4 is 20.2 Å². The number of tetrazole rings is 1. The van der Waals surface area contributed by atoms with Gasteiger partial charge in [-0.2, -0.15) is 5.10 Å². The molecule has 2 aromatic carbocycles. The summed E-state index contributed by atoms with van der Waals surface area (Å²) in [7, 11) is 0. The first-order chi connectivity index (χ1) is 23.4. The molecule has 5 heterocycles. The Balaban J connectivity index is 0.919. The zero-order valence-corrected chi connectivity index (χ0v) is 27.6. The number of nitrogens with zero attached hydrogens (tertiary/aromatic N) is 10. The molecule has 1 unspecified atom stereocenters. The van der Waals surface area contributed by atoms with Gasteiger partial charge in [0.05, 0.1) is 24.5 Å². The second-order valence-electron chi connectivity index (χ2n) is 12.0. The van der Waals surface area contributed by atoms with Crippen LogP contribution in [0.5, 0.6) is 5.75 Å². The minimum absolute atomic E-state index is 0.0617. The number of halogens is 1. The molecule has 2 saturated heterocycles. The van der Waals surface area contributed by atoms with Gasteiger partial charge in [-0.25, -0.2) is 23.7 Å². The predicted molar refractivity (Wildman–Crippen MR) is 179 cm³/mol. The van der Waals surface area contributed by atoms with E-state index in [1.54, 1.807) is 27.8 Å². The molecule has 2 fully saturated rings. The number of benzene rings is 2. The second-order valence-corrected chi connectivity index (χ2v) is 12.4. The molecule has 2 aliphatic rings. The molecule has 0 N–H and O–H groups in total. The van der Waals surface area contributed by atoms with Crippen LogP contribution in [0.2, 0.25) is 5.02 Å². The van der Waals surface area contributed by atoms with Crippen LogP contribution in [0, 0.1) is 0 Å². The summed E-state index contributed by atoms with van der Waals surface area (Å²) in [6.07, 6.45) is 5.37. The Hall–Kier alpha value is -4.79. The van der Waals surface area contributed by atoms with Crippen LogP contribution in [0.25, 0.3) is 5.69 Å². The highest BCUT2D eigenvalue weighted by Gasteiger charge is 2.44. The van der Waals surface area contributed by atoms with E-state index in [-0.39, 0.29) is 31.0 Å². The number of aromatic nitrogens is 8. The highest BCUT2D eigenvalue weighted by molar-refractivity contribution is 6.30. The summed E-state index contributed by atoms with van der Waals surface area (Å²) in [5.41, 5.74) is 2.58. The Morgan fingerprint density at radius 2 is 1.81 bits per heavy atom. The van der Waals surface area contributed by atoms with E-state index >= 15 is 0 Å². The van der Waals surface area contributed by atoms with E-state index in [2.05, 4.69) is 47.5 Å². The first-order valence-corrected chi connectivity index (χ1v) is 16.4. The lowest BCUT2D eigenvalue weighted by molar-refractivity contribution is -0.191. The Morgan fingerprint density at radius 1 is 1.02 bits per heavy atom. The van der Waals surface area contributed by atoms with Gasteiger partial charge in [0.25, 0.3) is 0 Å². The monoisotopic (exact) mass is 672 g/mol. The Kier molecular flexibility index (Phi) is 9.11. The molecule has 250 valence electrons. The summed E-state index contributed by atoms with van der Waals surface area (Å²) in [6.45, 7) is 8.27. The zero-order valence-electron chi connectivity index (χ0n) is 26.8. The van der Waals surface area contributed by atoms with E-state index in [0.717, 1.165) is 55.4 Å². The van der Waals surface area contributed by atoms with Gasteiger partial charge in [0.15, 0.2) is 0 Å². The summed E-state index contributed by atoms with van der Waals surface area (Å²) >= 11 is 6.28. The molecule has 0 saturated carbocycles. The van der Waals surface area contributed by atoms with Gasteiger partial charge >= 0.3 is 5.69 Å². The summed E-state index contributed by atoms with van der Waals surface area (Å²) in [5.74, 6) is 0.449. The largest absolute Gasteiger partial charge is 0.489 e. The van der Waals surface area contributed by atoms with Crippen LogP contribution in [0.4, 0.5) is 11.5 Å². The number of piperazine rings is 1. The number of hydrogen-bond acceptors (Lipinski definition) is 11. The van der Waals surface area contributed by atoms with Gasteiger partial charge in [0.2, 0.25) is 5.79 Å². The summed E-state index contributed by atoms with van der Waals surface area (Å²) in [5, 5.41) is 16.3. The summed E-state index contributed by atoms with van der Waals surface area (Å²) < 4.78 is 23.4. The highest BCUT2D eigenvalue weighted by Crippen LogP contribution is 2.37. The molecule has 2 aliphatic heterocycles. The van der Waals surface area contributed by atoms with Crippen molar-refractivity contribution in [3.63, 3.8) is 0 Å². The van der Waals surface area contributed by atoms with Gasteiger partial charge in [0.1, 0.15) is 43.5 Å². The van der Waals surface area contributed by atoms with Crippen molar-refractivity contribution in [3.8, 4) is 11.4 Å². The molecule has 14 nitrogen and oxygen atoms in total. The number of pyridine rings is 1. The second kappa shape index (κ2) is 13.7. The van der Waals surface area contributed by atoms with Crippen LogP contribution >= 0.6 is 11.6 Å². The summed E-state index contributed by atoms with van der Waals surface area (Å²) in [4.78, 5) is 22.1. The van der Waals surface area contributed by atoms with Gasteiger partial charge < -0.3 is 24.0 Å². The molecule has 0 aliphatic carbocycles. The van der Waals surface area contributed by atoms with Crippen LogP contribution in [0.1, 0.15) is 31.9 Å². The van der Waals surface area contributed by atoms with E-state index in [4.69, 9.17) is 25.8 Å². The van der Waals surface area contributed by atoms with Crippen molar-refractivity contribution in [1.29, 1.82) is 0 Å². The third kappa shape index (κ3) is 6.64. The van der Waals surface area contributed by atoms with Crippen molar-refractivity contribution < 1.29 is 14.2 Å². The van der Waals surface area contributed by atoms with Crippen molar-refractivity contribution in [2.75, 3.05) is 49.2 Å². The minimum atomic E-state index is -1.10. The highest BCUT2D eigenvalue weighted by atomic mass is 35.5. The maximum atomic E-state index is 12.8. The van der Waals surface area contributed by atoms with Gasteiger partial charge in [-0.1, -0.05) is 30.7 Å². The van der Waals surface area contributed by atoms with Crippen molar-refractivity contribution >= 4 is 23.1 Å². The van der Waals surface area contributed by atoms with Crippen molar-refractivity contribution in [2.45, 2.75) is 44.7 Å². The first-order valence-electron chi connectivity index (χ1n) is 16.0. The average molecular weight is 673 g/mol. The van der Waals surface area contributed by atoms with E-state index in [1.165, 1.54) is 11.0 Å². The molecule has 3 aromatic heterocycles. The van der Waals surface area contributed by atoms with Crippen molar-refractivity contribution in [2.24, 2.45) is 0 Å². The topological polar surface area (TPSA) is 130 Å². The lowest BCUT2D eigenvalue weighted by atomic mass is 10.1. The third-order valence-corrected chi connectivity index (χ3v) is 9.08. The molecule has 48 heavy (non-hydrogen) atoms. The van der Waals surface area contributed by atoms with E-state index in [0.29, 0.717) is 17.4 Å². The Morgan fingerprint density at radius 3 is 2.52 bits per heavy atom. The smallest absolute Gasteiger partial charge is 0.350 e. The van der Waals surface area contributed by atoms with E-state index < -0.39 is 5.79 Å². The Bertz CT molecular complexity index is 1860. The molecule has 0 radical (unpaired) electrons. The third-order valence-electron chi connectivity index (χ3n) is 8.84. The normalized spacial score (nSPS) is 20.3. The molecule has 0 amide bonds. The fourth-order valence-corrected chi connectivity index (χ4v) is 6.17. The maximum absolute atomic E-state index is 12.8. The van der Waals surface area contributed by atoms with Crippen LogP contribution in [0.3, 0.4) is 0 Å². The van der Waals surface area contributed by atoms with Gasteiger partial charge in [-0.3, -0.25) is 0 Å². The quantitative estimate of drug-likeness (QED) is 0.204. The zero-order chi connectivity index (χ0) is 33.1. The molecule has 15 heteroatoms. The number of rotatable bonds is 11.